The summed E-state index contributed by atoms with van der Waals surface area (Å²) in [5, 5.41) is 9.52. The van der Waals surface area contributed by atoms with E-state index in [1.54, 1.807) is 6.07 Å². The number of anilines is 2. The van der Waals surface area contributed by atoms with Crippen molar-refractivity contribution in [1.82, 2.24) is 0 Å². The van der Waals surface area contributed by atoms with Crippen LogP contribution in [0.1, 0.15) is 25.3 Å². The average molecular weight is 250 g/mol. The van der Waals surface area contributed by atoms with Gasteiger partial charge in [0.2, 0.25) is 0 Å². The van der Waals surface area contributed by atoms with Crippen molar-refractivity contribution in [2.24, 2.45) is 5.92 Å². The molecule has 1 aromatic carbocycles. The quantitative estimate of drug-likeness (QED) is 0.779. The molecule has 1 aromatic rings. The van der Waals surface area contributed by atoms with E-state index in [-0.39, 0.29) is 0 Å². The van der Waals surface area contributed by atoms with Gasteiger partial charge in [0.15, 0.2) is 0 Å². The van der Waals surface area contributed by atoms with Crippen molar-refractivity contribution in [1.29, 1.82) is 5.26 Å². The third-order valence-electron chi connectivity index (χ3n) is 3.39. The summed E-state index contributed by atoms with van der Waals surface area (Å²) in [7, 11) is 0. The van der Waals surface area contributed by atoms with Crippen molar-refractivity contribution < 1.29 is 0 Å². The van der Waals surface area contributed by atoms with E-state index in [2.05, 4.69) is 17.9 Å². The number of nitriles is 1. The topological polar surface area (TPSA) is 53.0 Å². The molecule has 3 nitrogen and oxygen atoms in total. The second-order valence-electron chi connectivity index (χ2n) is 4.64. The zero-order valence-electron chi connectivity index (χ0n) is 9.91. The molecule has 1 aliphatic heterocycles. The fourth-order valence-electron chi connectivity index (χ4n) is 2.19. The third-order valence-corrected chi connectivity index (χ3v) is 3.77. The highest BCUT2D eigenvalue weighted by molar-refractivity contribution is 6.34. The van der Waals surface area contributed by atoms with E-state index < -0.39 is 0 Å². The standard InChI is InChI=1S/C13H16ClN3/c1-9-4-6-17(7-5-9)12-3-2-11(16)10(8-15)13(12)14/h2-3,9H,4-7,16H2,1H3. The van der Waals surface area contributed by atoms with Gasteiger partial charge < -0.3 is 10.6 Å². The van der Waals surface area contributed by atoms with Gasteiger partial charge in [-0.1, -0.05) is 18.5 Å². The Morgan fingerprint density at radius 3 is 2.65 bits per heavy atom. The van der Waals surface area contributed by atoms with Crippen LogP contribution in [0.25, 0.3) is 0 Å². The molecule has 2 rings (SSSR count). The summed E-state index contributed by atoms with van der Waals surface area (Å²) in [5.74, 6) is 0.772. The maximum absolute atomic E-state index is 9.03. The molecule has 0 saturated carbocycles. The van der Waals surface area contributed by atoms with Gasteiger partial charge >= 0.3 is 0 Å². The first-order valence-electron chi connectivity index (χ1n) is 5.86. The molecule has 0 radical (unpaired) electrons. The SMILES string of the molecule is CC1CCN(c2ccc(N)c(C#N)c2Cl)CC1. The Balaban J connectivity index is 2.31. The molecule has 1 fully saturated rings. The predicted molar refractivity (Wildman–Crippen MR) is 71.2 cm³/mol. The van der Waals surface area contributed by atoms with E-state index in [1.165, 1.54) is 12.8 Å². The minimum absolute atomic E-state index is 0.391. The number of hydrogen-bond acceptors (Lipinski definition) is 3. The van der Waals surface area contributed by atoms with Crippen LogP contribution in [0.5, 0.6) is 0 Å². The molecule has 17 heavy (non-hydrogen) atoms. The van der Waals surface area contributed by atoms with E-state index >= 15 is 0 Å². The van der Waals surface area contributed by atoms with E-state index in [4.69, 9.17) is 22.6 Å². The lowest BCUT2D eigenvalue weighted by atomic mass is 9.98. The molecule has 0 bridgehead atoms. The van der Waals surface area contributed by atoms with E-state index in [9.17, 15) is 0 Å². The Hall–Kier alpha value is -1.40. The number of halogens is 1. The second-order valence-corrected chi connectivity index (χ2v) is 5.02. The van der Waals surface area contributed by atoms with Gasteiger partial charge in [-0.25, -0.2) is 0 Å². The summed E-state index contributed by atoms with van der Waals surface area (Å²) in [5.41, 5.74) is 7.50. The van der Waals surface area contributed by atoms with Crippen LogP contribution < -0.4 is 10.6 Å². The molecule has 1 saturated heterocycles. The van der Waals surface area contributed by atoms with Gasteiger partial charge in [-0.15, -0.1) is 0 Å². The summed E-state index contributed by atoms with van der Waals surface area (Å²) in [6.45, 7) is 4.26. The van der Waals surface area contributed by atoms with Crippen molar-refractivity contribution in [3.8, 4) is 6.07 Å². The number of benzene rings is 1. The summed E-state index contributed by atoms with van der Waals surface area (Å²) >= 11 is 6.24. The van der Waals surface area contributed by atoms with Crippen molar-refractivity contribution in [2.45, 2.75) is 19.8 Å². The molecular weight excluding hydrogens is 234 g/mol. The monoisotopic (exact) mass is 249 g/mol. The second kappa shape index (κ2) is 4.85. The van der Waals surface area contributed by atoms with E-state index in [1.807, 2.05) is 6.07 Å². The molecular formula is C13H16ClN3. The molecule has 0 spiro atoms. The average Bonchev–Trinajstić information content (AvgIpc) is 2.31. The number of nitrogens with zero attached hydrogens (tertiary/aromatic N) is 2. The molecule has 1 aliphatic rings. The van der Waals surface area contributed by atoms with Gasteiger partial charge in [0.1, 0.15) is 6.07 Å². The van der Waals surface area contributed by atoms with Crippen LogP contribution in [0.2, 0.25) is 5.02 Å². The Morgan fingerprint density at radius 1 is 1.41 bits per heavy atom. The van der Waals surface area contributed by atoms with Crippen LogP contribution in [0.4, 0.5) is 11.4 Å². The fraction of sp³-hybridized carbons (Fsp3) is 0.462. The van der Waals surface area contributed by atoms with Crippen LogP contribution in [-0.2, 0) is 0 Å². The Morgan fingerprint density at radius 2 is 2.06 bits per heavy atom. The molecule has 0 aromatic heterocycles. The Labute approximate surface area is 107 Å². The van der Waals surface area contributed by atoms with Gasteiger partial charge in [0, 0.05) is 13.1 Å². The Bertz CT molecular complexity index is 456. The number of piperidine rings is 1. The van der Waals surface area contributed by atoms with Gasteiger partial charge in [-0.05, 0) is 30.9 Å². The lowest BCUT2D eigenvalue weighted by Gasteiger charge is -2.33. The molecule has 1 heterocycles. The van der Waals surface area contributed by atoms with E-state index in [0.29, 0.717) is 16.3 Å². The van der Waals surface area contributed by atoms with Crippen molar-refractivity contribution >= 4 is 23.0 Å². The highest BCUT2D eigenvalue weighted by Crippen LogP contribution is 2.34. The number of hydrogen-bond donors (Lipinski definition) is 1. The minimum atomic E-state index is 0.391. The molecule has 0 unspecified atom stereocenters. The van der Waals surface area contributed by atoms with Gasteiger partial charge in [0.25, 0.3) is 0 Å². The van der Waals surface area contributed by atoms with Crippen LogP contribution in [0, 0.1) is 17.2 Å². The summed E-state index contributed by atoms with van der Waals surface area (Å²) in [4.78, 5) is 2.24. The van der Waals surface area contributed by atoms with Gasteiger partial charge in [-0.3, -0.25) is 0 Å². The molecule has 0 amide bonds. The summed E-state index contributed by atoms with van der Waals surface area (Å²) < 4.78 is 0. The van der Waals surface area contributed by atoms with E-state index in [0.717, 1.165) is 24.7 Å². The largest absolute Gasteiger partial charge is 0.398 e. The van der Waals surface area contributed by atoms with Crippen LogP contribution in [0.15, 0.2) is 12.1 Å². The summed E-state index contributed by atoms with van der Waals surface area (Å²) in [6, 6.07) is 5.74. The molecule has 2 N–H and O–H groups in total. The molecule has 90 valence electrons. The fourth-order valence-corrected chi connectivity index (χ4v) is 2.52. The maximum Gasteiger partial charge on any atom is 0.103 e. The zero-order chi connectivity index (χ0) is 12.4. The molecule has 0 atom stereocenters. The lowest BCUT2D eigenvalue weighted by Crippen LogP contribution is -2.33. The van der Waals surface area contributed by atoms with Gasteiger partial charge in [0.05, 0.1) is 22.0 Å². The number of rotatable bonds is 1. The Kier molecular flexibility index (Phi) is 3.44. The van der Waals surface area contributed by atoms with Crippen molar-refractivity contribution in [3.63, 3.8) is 0 Å². The predicted octanol–water partition coefficient (Wildman–Crippen LogP) is 3.03. The first-order valence-corrected chi connectivity index (χ1v) is 6.24. The third kappa shape index (κ3) is 2.32. The van der Waals surface area contributed by atoms with Crippen LogP contribution in [0.3, 0.4) is 0 Å². The van der Waals surface area contributed by atoms with Gasteiger partial charge in [-0.2, -0.15) is 5.26 Å². The zero-order valence-corrected chi connectivity index (χ0v) is 10.7. The number of nitrogens with two attached hydrogens (primary N) is 1. The molecule has 0 aliphatic carbocycles. The number of nitrogen functional groups attached to an aromatic ring is 1. The minimum Gasteiger partial charge on any atom is -0.398 e. The first-order chi connectivity index (χ1) is 8.13. The normalized spacial score (nSPS) is 16.9. The summed E-state index contributed by atoms with van der Waals surface area (Å²) in [6.07, 6.45) is 2.34. The first kappa shape index (κ1) is 12.1. The smallest absolute Gasteiger partial charge is 0.103 e. The highest BCUT2D eigenvalue weighted by atomic mass is 35.5. The van der Waals surface area contributed by atoms with Crippen LogP contribution in [-0.4, -0.2) is 13.1 Å². The molecule has 4 heteroatoms. The van der Waals surface area contributed by atoms with Crippen molar-refractivity contribution in [3.05, 3.63) is 22.7 Å². The maximum atomic E-state index is 9.03. The lowest BCUT2D eigenvalue weighted by molar-refractivity contribution is 0.438. The highest BCUT2D eigenvalue weighted by Gasteiger charge is 2.20. The van der Waals surface area contributed by atoms with Crippen molar-refractivity contribution in [2.75, 3.05) is 23.7 Å². The van der Waals surface area contributed by atoms with Crippen LogP contribution >= 0.6 is 11.6 Å².